The van der Waals surface area contributed by atoms with Crippen LogP contribution in [0.25, 0.3) is 6.08 Å². The first-order chi connectivity index (χ1) is 5.72. The molecule has 0 aliphatic heterocycles. The monoisotopic (exact) mass is 163 g/mol. The van der Waals surface area contributed by atoms with Gasteiger partial charge in [0.05, 0.1) is 12.1 Å². The molecule has 1 aromatic heterocycles. The third kappa shape index (κ3) is 2.20. The van der Waals surface area contributed by atoms with E-state index in [4.69, 9.17) is 5.11 Å². The minimum atomic E-state index is -0.867. The lowest BCUT2D eigenvalue weighted by atomic mass is 10.2. The Bertz CT molecular complexity index is 290. The van der Waals surface area contributed by atoms with Crippen LogP contribution in [0.4, 0.5) is 0 Å². The van der Waals surface area contributed by atoms with E-state index in [2.05, 4.69) is 11.6 Å². The first-order valence-electron chi connectivity index (χ1n) is 3.51. The molecular weight excluding hydrogens is 154 g/mol. The van der Waals surface area contributed by atoms with Gasteiger partial charge in [0.2, 0.25) is 0 Å². The second kappa shape index (κ2) is 3.67. The van der Waals surface area contributed by atoms with Crippen molar-refractivity contribution in [2.24, 2.45) is 0 Å². The van der Waals surface area contributed by atoms with Gasteiger partial charge in [-0.05, 0) is 11.6 Å². The number of pyridine rings is 1. The molecule has 0 aromatic carbocycles. The molecule has 0 atom stereocenters. The Labute approximate surface area is 70.4 Å². The molecule has 0 saturated heterocycles. The lowest BCUT2D eigenvalue weighted by Gasteiger charge is -1.95. The smallest absolute Gasteiger partial charge is 0.309 e. The number of hydrogen-bond acceptors (Lipinski definition) is 2. The SMILES string of the molecule is C=Cc1ccc(CC(=O)O)nc1. The molecule has 3 heteroatoms. The van der Waals surface area contributed by atoms with Crippen molar-refractivity contribution in [3.8, 4) is 0 Å². The van der Waals surface area contributed by atoms with Crippen LogP contribution in [-0.2, 0) is 11.2 Å². The molecule has 3 nitrogen and oxygen atoms in total. The summed E-state index contributed by atoms with van der Waals surface area (Å²) in [6.07, 6.45) is 3.24. The van der Waals surface area contributed by atoms with E-state index < -0.39 is 5.97 Å². The maximum atomic E-state index is 10.3. The molecular formula is C9H9NO2. The Morgan fingerprint density at radius 1 is 1.67 bits per heavy atom. The molecule has 1 aromatic rings. The van der Waals surface area contributed by atoms with Crippen LogP contribution < -0.4 is 0 Å². The summed E-state index contributed by atoms with van der Waals surface area (Å²) in [5.74, 6) is -0.867. The standard InChI is InChI=1S/C9H9NO2/c1-2-7-3-4-8(10-6-7)5-9(11)12/h2-4,6H,1,5H2,(H,11,12). The molecule has 62 valence electrons. The first-order valence-corrected chi connectivity index (χ1v) is 3.51. The summed E-state index contributed by atoms with van der Waals surface area (Å²) >= 11 is 0. The minimum absolute atomic E-state index is 0.0303. The second-order valence-corrected chi connectivity index (χ2v) is 2.36. The third-order valence-electron chi connectivity index (χ3n) is 1.42. The topological polar surface area (TPSA) is 50.2 Å². The van der Waals surface area contributed by atoms with Gasteiger partial charge in [0.15, 0.2) is 0 Å². The second-order valence-electron chi connectivity index (χ2n) is 2.36. The molecule has 0 aliphatic carbocycles. The Hall–Kier alpha value is -1.64. The fourth-order valence-electron chi connectivity index (χ4n) is 0.816. The van der Waals surface area contributed by atoms with Gasteiger partial charge in [-0.2, -0.15) is 0 Å². The maximum Gasteiger partial charge on any atom is 0.309 e. The number of carboxylic acid groups (broad SMARTS) is 1. The van der Waals surface area contributed by atoms with Crippen LogP contribution >= 0.6 is 0 Å². The molecule has 0 amide bonds. The Morgan fingerprint density at radius 2 is 2.42 bits per heavy atom. The van der Waals surface area contributed by atoms with Crippen LogP contribution in [0, 0.1) is 0 Å². The molecule has 1 rings (SSSR count). The lowest BCUT2D eigenvalue weighted by Crippen LogP contribution is -2.01. The van der Waals surface area contributed by atoms with Crippen molar-refractivity contribution >= 4 is 12.0 Å². The molecule has 12 heavy (non-hydrogen) atoms. The predicted molar refractivity (Wildman–Crippen MR) is 45.7 cm³/mol. The van der Waals surface area contributed by atoms with Crippen molar-refractivity contribution in [2.75, 3.05) is 0 Å². The number of nitrogens with zero attached hydrogens (tertiary/aromatic N) is 1. The Morgan fingerprint density at radius 3 is 2.83 bits per heavy atom. The molecule has 0 unspecified atom stereocenters. The van der Waals surface area contributed by atoms with Crippen LogP contribution in [0.2, 0.25) is 0 Å². The minimum Gasteiger partial charge on any atom is -0.481 e. The number of aromatic nitrogens is 1. The quantitative estimate of drug-likeness (QED) is 0.731. The van der Waals surface area contributed by atoms with Gasteiger partial charge in [0.1, 0.15) is 0 Å². The number of carboxylic acids is 1. The molecule has 0 bridgehead atoms. The summed E-state index contributed by atoms with van der Waals surface area (Å²) in [7, 11) is 0. The first kappa shape index (κ1) is 8.46. The van der Waals surface area contributed by atoms with Gasteiger partial charge in [-0.3, -0.25) is 9.78 Å². The van der Waals surface area contributed by atoms with Crippen molar-refractivity contribution in [1.82, 2.24) is 4.98 Å². The summed E-state index contributed by atoms with van der Waals surface area (Å²) in [6, 6.07) is 3.48. The molecule has 0 aliphatic rings. The van der Waals surface area contributed by atoms with E-state index in [1.807, 2.05) is 0 Å². The van der Waals surface area contributed by atoms with Crippen LogP contribution in [0.3, 0.4) is 0 Å². The summed E-state index contributed by atoms with van der Waals surface area (Å²) in [6.45, 7) is 3.57. The zero-order valence-corrected chi connectivity index (χ0v) is 6.53. The highest BCUT2D eigenvalue weighted by Crippen LogP contribution is 2.01. The zero-order valence-electron chi connectivity index (χ0n) is 6.53. The van der Waals surface area contributed by atoms with Gasteiger partial charge in [0.25, 0.3) is 0 Å². The largest absolute Gasteiger partial charge is 0.481 e. The van der Waals surface area contributed by atoms with E-state index in [0.29, 0.717) is 5.69 Å². The van der Waals surface area contributed by atoms with E-state index in [0.717, 1.165) is 5.56 Å². The summed E-state index contributed by atoms with van der Waals surface area (Å²) in [4.78, 5) is 14.2. The van der Waals surface area contributed by atoms with Gasteiger partial charge >= 0.3 is 5.97 Å². The molecule has 1 heterocycles. The molecule has 0 spiro atoms. The van der Waals surface area contributed by atoms with Gasteiger partial charge in [-0.1, -0.05) is 18.7 Å². The van der Waals surface area contributed by atoms with Crippen molar-refractivity contribution in [3.05, 3.63) is 36.2 Å². The molecule has 1 N–H and O–H groups in total. The van der Waals surface area contributed by atoms with E-state index >= 15 is 0 Å². The van der Waals surface area contributed by atoms with E-state index in [1.54, 1.807) is 24.4 Å². The number of rotatable bonds is 3. The average Bonchev–Trinajstić information content (AvgIpc) is 2.05. The normalized spacial score (nSPS) is 9.33. The summed E-state index contributed by atoms with van der Waals surface area (Å²) in [5, 5.41) is 8.43. The van der Waals surface area contributed by atoms with Crippen molar-refractivity contribution < 1.29 is 9.90 Å². The van der Waals surface area contributed by atoms with Gasteiger partial charge in [-0.25, -0.2) is 0 Å². The predicted octanol–water partition coefficient (Wildman–Crippen LogP) is 1.35. The van der Waals surface area contributed by atoms with Crippen molar-refractivity contribution in [3.63, 3.8) is 0 Å². The third-order valence-corrected chi connectivity index (χ3v) is 1.42. The molecule has 0 fully saturated rings. The highest BCUT2D eigenvalue weighted by atomic mass is 16.4. The van der Waals surface area contributed by atoms with E-state index in [-0.39, 0.29) is 6.42 Å². The average molecular weight is 163 g/mol. The summed E-state index contributed by atoms with van der Waals surface area (Å²) < 4.78 is 0. The van der Waals surface area contributed by atoms with Gasteiger partial charge in [0, 0.05) is 6.20 Å². The molecule has 0 saturated carbocycles. The maximum absolute atomic E-state index is 10.3. The van der Waals surface area contributed by atoms with Gasteiger partial charge < -0.3 is 5.11 Å². The van der Waals surface area contributed by atoms with Gasteiger partial charge in [-0.15, -0.1) is 0 Å². The van der Waals surface area contributed by atoms with Crippen LogP contribution in [0.1, 0.15) is 11.3 Å². The highest BCUT2D eigenvalue weighted by molar-refractivity contribution is 5.69. The Kier molecular flexibility index (Phi) is 2.58. The van der Waals surface area contributed by atoms with E-state index in [1.165, 1.54) is 0 Å². The fraction of sp³-hybridized carbons (Fsp3) is 0.111. The number of carbonyl (C=O) groups is 1. The van der Waals surface area contributed by atoms with E-state index in [9.17, 15) is 4.79 Å². The Balaban J connectivity index is 2.77. The van der Waals surface area contributed by atoms with Crippen LogP contribution in [0.5, 0.6) is 0 Å². The highest BCUT2D eigenvalue weighted by Gasteiger charge is 1.99. The fourth-order valence-corrected chi connectivity index (χ4v) is 0.816. The molecule has 0 radical (unpaired) electrons. The number of aliphatic carboxylic acids is 1. The van der Waals surface area contributed by atoms with Crippen LogP contribution in [0.15, 0.2) is 24.9 Å². The summed E-state index contributed by atoms with van der Waals surface area (Å²) in [5.41, 5.74) is 1.46. The van der Waals surface area contributed by atoms with Crippen molar-refractivity contribution in [1.29, 1.82) is 0 Å². The van der Waals surface area contributed by atoms with Crippen molar-refractivity contribution in [2.45, 2.75) is 6.42 Å². The lowest BCUT2D eigenvalue weighted by molar-refractivity contribution is -0.136. The van der Waals surface area contributed by atoms with Crippen LogP contribution in [-0.4, -0.2) is 16.1 Å². The zero-order chi connectivity index (χ0) is 8.97. The number of hydrogen-bond donors (Lipinski definition) is 1.